The molecule has 4 nitrogen and oxygen atoms in total. The van der Waals surface area contributed by atoms with E-state index in [0.29, 0.717) is 18.8 Å². The van der Waals surface area contributed by atoms with Crippen molar-refractivity contribution >= 4 is 34.6 Å². The molecule has 1 aliphatic rings. The zero-order valence-electron chi connectivity index (χ0n) is 12.0. The Bertz CT molecular complexity index is 670. The molecule has 1 unspecified atom stereocenters. The number of azo groups is 1. The minimum Gasteiger partial charge on any atom is -0.312 e. The van der Waals surface area contributed by atoms with Crippen molar-refractivity contribution in [3.05, 3.63) is 54.6 Å². The molecule has 1 fully saturated rings. The first-order valence-corrected chi connectivity index (χ1v) is 7.73. The van der Waals surface area contributed by atoms with Gasteiger partial charge in [0.1, 0.15) is 0 Å². The van der Waals surface area contributed by atoms with Gasteiger partial charge in [0.2, 0.25) is 5.91 Å². The van der Waals surface area contributed by atoms with Crippen molar-refractivity contribution < 1.29 is 4.79 Å². The first-order valence-electron chi connectivity index (χ1n) is 7.19. The van der Waals surface area contributed by atoms with Crippen molar-refractivity contribution in [2.24, 2.45) is 16.1 Å². The average molecular weight is 314 g/mol. The Morgan fingerprint density at radius 1 is 1.00 bits per heavy atom. The largest absolute Gasteiger partial charge is 0.312 e. The molecule has 112 valence electrons. The summed E-state index contributed by atoms with van der Waals surface area (Å²) in [5, 5.41) is 8.37. The predicted molar refractivity (Wildman–Crippen MR) is 88.2 cm³/mol. The summed E-state index contributed by atoms with van der Waals surface area (Å²) in [5.74, 6) is 0.891. The standard InChI is InChI=1S/C17H16ClN3O/c18-11-13-10-17(22)21(12-13)16-8-6-15(7-9-16)20-19-14-4-2-1-3-5-14/h1-9,13H,10-12H2. The van der Waals surface area contributed by atoms with E-state index in [1.807, 2.05) is 54.6 Å². The predicted octanol–water partition coefficient (Wildman–Crippen LogP) is 4.69. The van der Waals surface area contributed by atoms with E-state index in [4.69, 9.17) is 11.6 Å². The normalized spacial score (nSPS) is 18.3. The number of benzene rings is 2. The van der Waals surface area contributed by atoms with Crippen molar-refractivity contribution in [1.82, 2.24) is 0 Å². The highest BCUT2D eigenvalue weighted by molar-refractivity contribution is 6.18. The molecule has 1 heterocycles. The van der Waals surface area contributed by atoms with E-state index in [1.165, 1.54) is 0 Å². The maximum Gasteiger partial charge on any atom is 0.227 e. The van der Waals surface area contributed by atoms with E-state index in [0.717, 1.165) is 17.1 Å². The molecule has 2 aromatic rings. The van der Waals surface area contributed by atoms with Crippen LogP contribution in [0.1, 0.15) is 6.42 Å². The highest BCUT2D eigenvalue weighted by atomic mass is 35.5. The van der Waals surface area contributed by atoms with E-state index < -0.39 is 0 Å². The van der Waals surface area contributed by atoms with Crippen LogP contribution in [-0.2, 0) is 4.79 Å². The first kappa shape index (κ1) is 14.7. The fraction of sp³-hybridized carbons (Fsp3) is 0.235. The lowest BCUT2D eigenvalue weighted by molar-refractivity contribution is -0.117. The number of hydrogen-bond donors (Lipinski definition) is 0. The van der Waals surface area contributed by atoms with Crippen LogP contribution in [0.25, 0.3) is 0 Å². The summed E-state index contributed by atoms with van der Waals surface area (Å²) >= 11 is 5.84. The van der Waals surface area contributed by atoms with E-state index in [1.54, 1.807) is 4.90 Å². The second-order valence-electron chi connectivity index (χ2n) is 5.28. The molecular weight excluding hydrogens is 298 g/mol. The summed E-state index contributed by atoms with van der Waals surface area (Å²) < 4.78 is 0. The van der Waals surface area contributed by atoms with Gasteiger partial charge in [0.05, 0.1) is 11.4 Å². The van der Waals surface area contributed by atoms with Gasteiger partial charge in [-0.05, 0) is 42.3 Å². The fourth-order valence-electron chi connectivity index (χ4n) is 2.44. The van der Waals surface area contributed by atoms with Crippen LogP contribution in [0.15, 0.2) is 64.8 Å². The smallest absolute Gasteiger partial charge is 0.227 e. The number of alkyl halides is 1. The van der Waals surface area contributed by atoms with E-state index in [9.17, 15) is 4.79 Å². The van der Waals surface area contributed by atoms with Gasteiger partial charge in [0.25, 0.3) is 0 Å². The van der Waals surface area contributed by atoms with Crippen LogP contribution in [0.5, 0.6) is 0 Å². The molecular formula is C17H16ClN3O. The van der Waals surface area contributed by atoms with Crippen LogP contribution in [-0.4, -0.2) is 18.3 Å². The number of carbonyl (C=O) groups is 1. The third-order valence-electron chi connectivity index (χ3n) is 3.62. The number of hydrogen-bond acceptors (Lipinski definition) is 3. The molecule has 22 heavy (non-hydrogen) atoms. The molecule has 1 saturated heterocycles. The van der Waals surface area contributed by atoms with Crippen molar-refractivity contribution in [3.8, 4) is 0 Å². The molecule has 1 atom stereocenters. The Morgan fingerprint density at radius 2 is 1.64 bits per heavy atom. The van der Waals surface area contributed by atoms with E-state index in [-0.39, 0.29) is 11.8 Å². The van der Waals surface area contributed by atoms with Gasteiger partial charge in [-0.3, -0.25) is 4.79 Å². The molecule has 1 amide bonds. The Hall–Kier alpha value is -2.20. The van der Waals surface area contributed by atoms with E-state index >= 15 is 0 Å². The topological polar surface area (TPSA) is 45.0 Å². The van der Waals surface area contributed by atoms with Gasteiger partial charge < -0.3 is 4.90 Å². The summed E-state index contributed by atoms with van der Waals surface area (Å²) in [6, 6.07) is 17.1. The summed E-state index contributed by atoms with van der Waals surface area (Å²) in [6.07, 6.45) is 0.527. The first-order chi connectivity index (χ1) is 10.8. The van der Waals surface area contributed by atoms with Crippen LogP contribution in [0, 0.1) is 5.92 Å². The molecule has 0 aliphatic carbocycles. The van der Waals surface area contributed by atoms with Gasteiger partial charge in [0, 0.05) is 24.5 Å². The van der Waals surface area contributed by atoms with Crippen LogP contribution < -0.4 is 4.90 Å². The molecule has 0 saturated carbocycles. The van der Waals surface area contributed by atoms with Crippen molar-refractivity contribution in [2.75, 3.05) is 17.3 Å². The molecule has 0 spiro atoms. The monoisotopic (exact) mass is 313 g/mol. The maximum atomic E-state index is 12.0. The molecule has 1 aliphatic heterocycles. The highest BCUT2D eigenvalue weighted by Gasteiger charge is 2.29. The Balaban J connectivity index is 1.71. The zero-order chi connectivity index (χ0) is 15.4. The van der Waals surface area contributed by atoms with Gasteiger partial charge in [-0.15, -0.1) is 11.6 Å². The third-order valence-corrected chi connectivity index (χ3v) is 4.06. The minimum absolute atomic E-state index is 0.129. The number of rotatable bonds is 4. The van der Waals surface area contributed by atoms with Crippen LogP contribution in [0.2, 0.25) is 0 Å². The van der Waals surface area contributed by atoms with Crippen LogP contribution in [0.4, 0.5) is 17.1 Å². The molecule has 0 N–H and O–H groups in total. The van der Waals surface area contributed by atoms with Crippen molar-refractivity contribution in [1.29, 1.82) is 0 Å². The van der Waals surface area contributed by atoms with Gasteiger partial charge in [-0.2, -0.15) is 10.2 Å². The van der Waals surface area contributed by atoms with Crippen molar-refractivity contribution in [2.45, 2.75) is 6.42 Å². The van der Waals surface area contributed by atoms with Crippen molar-refractivity contribution in [3.63, 3.8) is 0 Å². The number of anilines is 1. The fourth-order valence-corrected chi connectivity index (χ4v) is 2.65. The summed E-state index contributed by atoms with van der Waals surface area (Å²) in [7, 11) is 0. The number of nitrogens with zero attached hydrogens (tertiary/aromatic N) is 3. The molecule has 3 rings (SSSR count). The van der Waals surface area contributed by atoms with E-state index in [2.05, 4.69) is 10.2 Å². The second-order valence-corrected chi connectivity index (χ2v) is 5.59. The SMILES string of the molecule is O=C1CC(CCl)CN1c1ccc(N=Nc2ccccc2)cc1. The third kappa shape index (κ3) is 3.34. The lowest BCUT2D eigenvalue weighted by Crippen LogP contribution is -2.24. The number of halogens is 1. The lowest BCUT2D eigenvalue weighted by atomic mass is 10.1. The van der Waals surface area contributed by atoms with Gasteiger partial charge >= 0.3 is 0 Å². The summed E-state index contributed by atoms with van der Waals surface area (Å²) in [6.45, 7) is 0.688. The maximum absolute atomic E-state index is 12.0. The molecule has 0 bridgehead atoms. The Kier molecular flexibility index (Phi) is 4.49. The summed E-state index contributed by atoms with van der Waals surface area (Å²) in [5.41, 5.74) is 2.45. The van der Waals surface area contributed by atoms with Crippen LogP contribution in [0.3, 0.4) is 0 Å². The quantitative estimate of drug-likeness (QED) is 0.596. The van der Waals surface area contributed by atoms with Gasteiger partial charge in [-0.25, -0.2) is 0 Å². The van der Waals surface area contributed by atoms with Gasteiger partial charge in [-0.1, -0.05) is 18.2 Å². The molecule has 5 heteroatoms. The second kappa shape index (κ2) is 6.71. The van der Waals surface area contributed by atoms with Gasteiger partial charge in [0.15, 0.2) is 0 Å². The Morgan fingerprint density at radius 3 is 2.23 bits per heavy atom. The zero-order valence-corrected chi connectivity index (χ0v) is 12.8. The average Bonchev–Trinajstić information content (AvgIpc) is 2.95. The number of amides is 1. The Labute approximate surface area is 134 Å². The minimum atomic E-state index is 0.129. The lowest BCUT2D eigenvalue weighted by Gasteiger charge is -2.16. The molecule has 0 aromatic heterocycles. The summed E-state index contributed by atoms with van der Waals surface area (Å²) in [4.78, 5) is 13.7. The molecule has 2 aromatic carbocycles. The highest BCUT2D eigenvalue weighted by Crippen LogP contribution is 2.28. The molecule has 0 radical (unpaired) electrons. The van der Waals surface area contributed by atoms with Crippen LogP contribution >= 0.6 is 11.6 Å². The number of carbonyl (C=O) groups excluding carboxylic acids is 1.